The highest BCUT2D eigenvalue weighted by molar-refractivity contribution is 14.1. The van der Waals surface area contributed by atoms with E-state index in [1.54, 1.807) is 17.1 Å². The quantitative estimate of drug-likeness (QED) is 0.716. The zero-order valence-corrected chi connectivity index (χ0v) is 11.9. The smallest absolute Gasteiger partial charge is 0.219 e. The molecular formula is C9H8BrIN4. The minimum atomic E-state index is 0.599. The summed E-state index contributed by atoms with van der Waals surface area (Å²) >= 11 is 5.64. The van der Waals surface area contributed by atoms with Crippen LogP contribution >= 0.6 is 38.5 Å². The maximum atomic E-state index is 4.35. The van der Waals surface area contributed by atoms with Crippen molar-refractivity contribution in [2.45, 2.75) is 13.8 Å². The standard InChI is InChI=1S/C9H8BrIN4/c1-5-8(10)6(2)15(14-5)9-12-3-7(11)4-13-9/h3-4H,1-2H3. The summed E-state index contributed by atoms with van der Waals surface area (Å²) in [6.07, 6.45) is 3.54. The molecule has 0 saturated heterocycles. The molecule has 0 atom stereocenters. The second-order valence-corrected chi connectivity index (χ2v) is 5.14. The fourth-order valence-electron chi connectivity index (χ4n) is 1.23. The topological polar surface area (TPSA) is 43.6 Å². The van der Waals surface area contributed by atoms with E-state index >= 15 is 0 Å². The van der Waals surface area contributed by atoms with Crippen LogP contribution in [0.5, 0.6) is 0 Å². The van der Waals surface area contributed by atoms with Crippen molar-refractivity contribution in [2.24, 2.45) is 0 Å². The summed E-state index contributed by atoms with van der Waals surface area (Å²) in [5, 5.41) is 4.35. The largest absolute Gasteiger partial charge is 0.250 e. The number of rotatable bonds is 1. The molecule has 6 heteroatoms. The second-order valence-electron chi connectivity index (χ2n) is 3.10. The highest BCUT2D eigenvalue weighted by atomic mass is 127. The van der Waals surface area contributed by atoms with E-state index in [4.69, 9.17) is 0 Å². The Labute approximate surface area is 109 Å². The van der Waals surface area contributed by atoms with E-state index in [2.05, 4.69) is 53.6 Å². The number of nitrogens with zero attached hydrogens (tertiary/aromatic N) is 4. The van der Waals surface area contributed by atoms with Crippen molar-refractivity contribution < 1.29 is 0 Å². The van der Waals surface area contributed by atoms with Crippen LogP contribution in [0.15, 0.2) is 16.9 Å². The SMILES string of the molecule is Cc1nn(-c2ncc(I)cn2)c(C)c1Br. The average molecular weight is 379 g/mol. The summed E-state index contributed by atoms with van der Waals surface area (Å²) in [5.74, 6) is 0.599. The van der Waals surface area contributed by atoms with Gasteiger partial charge in [0, 0.05) is 16.0 Å². The normalized spacial score (nSPS) is 10.7. The summed E-state index contributed by atoms with van der Waals surface area (Å²) in [6, 6.07) is 0. The molecule has 0 fully saturated rings. The minimum absolute atomic E-state index is 0.599. The third kappa shape index (κ3) is 2.05. The van der Waals surface area contributed by atoms with Crippen LogP contribution in [0.2, 0.25) is 0 Å². The van der Waals surface area contributed by atoms with Crippen molar-refractivity contribution in [3.63, 3.8) is 0 Å². The van der Waals surface area contributed by atoms with Gasteiger partial charge in [0.15, 0.2) is 0 Å². The maximum absolute atomic E-state index is 4.35. The first-order valence-corrected chi connectivity index (χ1v) is 6.16. The Morgan fingerprint density at radius 3 is 2.33 bits per heavy atom. The zero-order chi connectivity index (χ0) is 11.0. The van der Waals surface area contributed by atoms with Crippen LogP contribution in [-0.2, 0) is 0 Å². The molecule has 0 amide bonds. The Bertz CT molecular complexity index is 492. The molecule has 0 radical (unpaired) electrons. The van der Waals surface area contributed by atoms with Gasteiger partial charge in [-0.25, -0.2) is 14.6 Å². The predicted octanol–water partition coefficient (Wildman–Crippen LogP) is 2.65. The van der Waals surface area contributed by atoms with Gasteiger partial charge in [0.05, 0.1) is 15.9 Å². The lowest BCUT2D eigenvalue weighted by Crippen LogP contribution is -2.04. The van der Waals surface area contributed by atoms with Gasteiger partial charge in [-0.3, -0.25) is 0 Å². The van der Waals surface area contributed by atoms with E-state index in [1.807, 2.05) is 13.8 Å². The predicted molar refractivity (Wildman–Crippen MR) is 69.0 cm³/mol. The van der Waals surface area contributed by atoms with Gasteiger partial charge in [0.2, 0.25) is 0 Å². The third-order valence-electron chi connectivity index (χ3n) is 2.00. The molecule has 2 aromatic rings. The van der Waals surface area contributed by atoms with Crippen LogP contribution in [0.1, 0.15) is 11.4 Å². The lowest BCUT2D eigenvalue weighted by Gasteiger charge is -2.01. The van der Waals surface area contributed by atoms with E-state index < -0.39 is 0 Å². The molecule has 2 aromatic heterocycles. The summed E-state index contributed by atoms with van der Waals surface area (Å²) in [6.45, 7) is 3.92. The lowest BCUT2D eigenvalue weighted by molar-refractivity contribution is 0.772. The first-order valence-electron chi connectivity index (χ1n) is 4.29. The van der Waals surface area contributed by atoms with Gasteiger partial charge in [0.1, 0.15) is 0 Å². The number of hydrogen-bond donors (Lipinski definition) is 0. The monoisotopic (exact) mass is 378 g/mol. The summed E-state index contributed by atoms with van der Waals surface area (Å²) in [7, 11) is 0. The molecule has 0 bridgehead atoms. The highest BCUT2D eigenvalue weighted by Gasteiger charge is 2.11. The third-order valence-corrected chi connectivity index (χ3v) is 3.70. The van der Waals surface area contributed by atoms with Crippen LogP contribution < -0.4 is 0 Å². The summed E-state index contributed by atoms with van der Waals surface area (Å²) < 4.78 is 3.75. The van der Waals surface area contributed by atoms with Gasteiger partial charge in [-0.05, 0) is 52.4 Å². The first kappa shape index (κ1) is 11.0. The number of aryl methyl sites for hydroxylation is 1. The summed E-state index contributed by atoms with van der Waals surface area (Å²) in [4.78, 5) is 8.45. The molecule has 78 valence electrons. The van der Waals surface area contributed by atoms with Gasteiger partial charge in [-0.15, -0.1) is 0 Å². The van der Waals surface area contributed by atoms with Crippen molar-refractivity contribution in [3.05, 3.63) is 31.8 Å². The fourth-order valence-corrected chi connectivity index (χ4v) is 1.76. The molecule has 4 nitrogen and oxygen atoms in total. The molecule has 15 heavy (non-hydrogen) atoms. The average Bonchev–Trinajstić information content (AvgIpc) is 2.47. The van der Waals surface area contributed by atoms with Crippen molar-refractivity contribution in [3.8, 4) is 5.95 Å². The van der Waals surface area contributed by atoms with Gasteiger partial charge in [0.25, 0.3) is 5.95 Å². The molecule has 0 aliphatic rings. The Kier molecular flexibility index (Phi) is 3.06. The van der Waals surface area contributed by atoms with Crippen molar-refractivity contribution in [1.82, 2.24) is 19.7 Å². The van der Waals surface area contributed by atoms with E-state index in [0.717, 1.165) is 19.4 Å². The summed E-state index contributed by atoms with van der Waals surface area (Å²) in [5.41, 5.74) is 1.95. The Balaban J connectivity index is 2.54. The molecule has 0 unspecified atom stereocenters. The molecule has 2 rings (SSSR count). The Morgan fingerprint density at radius 2 is 1.87 bits per heavy atom. The van der Waals surface area contributed by atoms with Crippen molar-refractivity contribution in [1.29, 1.82) is 0 Å². The van der Waals surface area contributed by atoms with E-state index in [9.17, 15) is 0 Å². The van der Waals surface area contributed by atoms with Crippen LogP contribution in [0.25, 0.3) is 5.95 Å². The van der Waals surface area contributed by atoms with Crippen LogP contribution in [0, 0.1) is 17.4 Å². The molecule has 2 heterocycles. The highest BCUT2D eigenvalue weighted by Crippen LogP contribution is 2.21. The Hall–Kier alpha value is -0.500. The van der Waals surface area contributed by atoms with Crippen LogP contribution in [0.3, 0.4) is 0 Å². The molecule has 0 spiro atoms. The number of hydrogen-bond acceptors (Lipinski definition) is 3. The molecule has 0 aromatic carbocycles. The number of aromatic nitrogens is 4. The van der Waals surface area contributed by atoms with Crippen molar-refractivity contribution >= 4 is 38.5 Å². The van der Waals surface area contributed by atoms with Gasteiger partial charge < -0.3 is 0 Å². The number of halogens is 2. The fraction of sp³-hybridized carbons (Fsp3) is 0.222. The van der Waals surface area contributed by atoms with E-state index in [0.29, 0.717) is 5.95 Å². The Morgan fingerprint density at radius 1 is 1.27 bits per heavy atom. The molecular weight excluding hydrogens is 371 g/mol. The van der Waals surface area contributed by atoms with Crippen molar-refractivity contribution in [2.75, 3.05) is 0 Å². The minimum Gasteiger partial charge on any atom is -0.219 e. The van der Waals surface area contributed by atoms with Crippen LogP contribution in [0.4, 0.5) is 0 Å². The molecule has 0 aliphatic heterocycles. The lowest BCUT2D eigenvalue weighted by atomic mass is 10.4. The van der Waals surface area contributed by atoms with Gasteiger partial charge in [-0.2, -0.15) is 5.10 Å². The zero-order valence-electron chi connectivity index (χ0n) is 8.20. The van der Waals surface area contributed by atoms with Gasteiger partial charge in [-0.1, -0.05) is 0 Å². The van der Waals surface area contributed by atoms with E-state index in [1.165, 1.54) is 0 Å². The maximum Gasteiger partial charge on any atom is 0.250 e. The molecule has 0 aliphatic carbocycles. The van der Waals surface area contributed by atoms with Crippen LogP contribution in [-0.4, -0.2) is 19.7 Å². The first-order chi connectivity index (χ1) is 7.09. The molecule has 0 saturated carbocycles. The second kappa shape index (κ2) is 4.17. The van der Waals surface area contributed by atoms with Gasteiger partial charge >= 0.3 is 0 Å². The van der Waals surface area contributed by atoms with E-state index in [-0.39, 0.29) is 0 Å². The molecule has 0 N–H and O–H groups in total.